The molecule has 0 spiro atoms. The van der Waals surface area contributed by atoms with E-state index >= 15 is 0 Å². The Morgan fingerprint density at radius 3 is 2.19 bits per heavy atom. The molecular weight excluding hydrogens is 532 g/mol. The Hall–Kier alpha value is -1.86. The summed E-state index contributed by atoms with van der Waals surface area (Å²) in [6.45, 7) is 13.1. The third-order valence-corrected chi connectivity index (χ3v) is 8.73. The highest BCUT2D eigenvalue weighted by Gasteiger charge is 2.60. The van der Waals surface area contributed by atoms with E-state index in [4.69, 9.17) is 34.8 Å². The van der Waals surface area contributed by atoms with Gasteiger partial charge in [-0.2, -0.15) is 0 Å². The molecule has 0 N–H and O–H groups in total. The van der Waals surface area contributed by atoms with E-state index in [1.54, 1.807) is 0 Å². The van der Waals surface area contributed by atoms with Crippen molar-refractivity contribution >= 4 is 5.69 Å². The zero-order chi connectivity index (χ0) is 29.6. The summed E-state index contributed by atoms with van der Waals surface area (Å²) in [5.74, 6) is 2.32. The zero-order valence-electron chi connectivity index (χ0n) is 26.2. The monoisotopic (exact) mass is 584 g/mol. The van der Waals surface area contributed by atoms with Gasteiger partial charge in [-0.1, -0.05) is 44.6 Å². The summed E-state index contributed by atoms with van der Waals surface area (Å²) in [5.41, 5.74) is 1.22. The lowest BCUT2D eigenvalue weighted by molar-refractivity contribution is -0.236. The largest absolute Gasteiger partial charge is 0.494 e. The molecule has 5 rings (SSSR count). The van der Waals surface area contributed by atoms with E-state index in [0.717, 1.165) is 57.9 Å². The predicted octanol–water partition coefficient (Wildman–Crippen LogP) is 5.73. The number of hydrogen-bond donors (Lipinski definition) is 0. The standard InChI is InChI=1S/C34H52N2O6/c1-6-7-8-9-10-11-12-13-14-15-23-37-27-18-16-17-26(24-27)36-21-19-35(20-22-36)25-28-29-30(40-33(2,3)39-29)31-32(38-28)42-34(4,5)41-31/h1,16-18,24,28-32H,7-15,19-23,25H2,2-5H3/t28?,29-,30-,31+,32+/m0/s1. The highest BCUT2D eigenvalue weighted by Crippen LogP contribution is 2.44. The van der Waals surface area contributed by atoms with Gasteiger partial charge in [0, 0.05) is 50.9 Å². The fourth-order valence-corrected chi connectivity index (χ4v) is 6.63. The van der Waals surface area contributed by atoms with Gasteiger partial charge < -0.3 is 33.3 Å². The fraction of sp³-hybridized carbons (Fsp3) is 0.765. The second-order valence-corrected chi connectivity index (χ2v) is 13.1. The summed E-state index contributed by atoms with van der Waals surface area (Å²) >= 11 is 0. The van der Waals surface area contributed by atoms with Gasteiger partial charge in [0.15, 0.2) is 17.9 Å². The molecule has 0 aromatic heterocycles. The molecule has 4 heterocycles. The SMILES string of the molecule is C#CCCCCCCCCCCOc1cccc(N2CCN(CC3O[C@@H]4OC(C)(C)O[C@@H]4[C@H]4OC(C)(C)O[C@@H]34)CC2)c1. The van der Waals surface area contributed by atoms with Gasteiger partial charge in [-0.05, 0) is 52.7 Å². The van der Waals surface area contributed by atoms with Crippen molar-refractivity contribution in [2.45, 2.75) is 128 Å². The molecular formula is C34H52N2O6. The van der Waals surface area contributed by atoms with Gasteiger partial charge in [-0.3, -0.25) is 4.90 Å². The van der Waals surface area contributed by atoms with E-state index in [9.17, 15) is 0 Å². The Labute approximate surface area is 253 Å². The average Bonchev–Trinajstić information content (AvgIpc) is 3.46. The number of terminal acetylenes is 1. The molecule has 234 valence electrons. The van der Waals surface area contributed by atoms with E-state index in [0.29, 0.717) is 0 Å². The molecule has 1 unspecified atom stereocenters. The van der Waals surface area contributed by atoms with Gasteiger partial charge >= 0.3 is 0 Å². The Bertz CT molecular complexity index is 1030. The Morgan fingerprint density at radius 2 is 1.45 bits per heavy atom. The maximum Gasteiger partial charge on any atom is 0.190 e. The summed E-state index contributed by atoms with van der Waals surface area (Å²) in [6, 6.07) is 8.55. The van der Waals surface area contributed by atoms with E-state index in [1.165, 1.54) is 50.6 Å². The molecule has 42 heavy (non-hydrogen) atoms. The number of unbranched alkanes of at least 4 members (excludes halogenated alkanes) is 8. The lowest BCUT2D eigenvalue weighted by Crippen LogP contribution is -2.59. The van der Waals surface area contributed by atoms with Crippen molar-refractivity contribution in [3.05, 3.63) is 24.3 Å². The van der Waals surface area contributed by atoms with E-state index in [2.05, 4.69) is 40.0 Å². The van der Waals surface area contributed by atoms with Crippen molar-refractivity contribution in [2.24, 2.45) is 0 Å². The van der Waals surface area contributed by atoms with Crippen LogP contribution in [-0.4, -0.2) is 86.5 Å². The fourth-order valence-electron chi connectivity index (χ4n) is 6.63. The molecule has 5 atom stereocenters. The molecule has 0 aliphatic carbocycles. The summed E-state index contributed by atoms with van der Waals surface area (Å²) in [4.78, 5) is 4.91. The molecule has 1 aromatic carbocycles. The quantitative estimate of drug-likeness (QED) is 0.203. The Kier molecular flexibility index (Phi) is 10.7. The molecule has 4 fully saturated rings. The second kappa shape index (κ2) is 14.3. The van der Waals surface area contributed by atoms with Crippen LogP contribution in [0.4, 0.5) is 5.69 Å². The molecule has 4 saturated heterocycles. The lowest BCUT2D eigenvalue weighted by atomic mass is 9.98. The van der Waals surface area contributed by atoms with Gasteiger partial charge in [-0.25, -0.2) is 0 Å². The first-order valence-corrected chi connectivity index (χ1v) is 16.2. The number of benzene rings is 1. The highest BCUT2D eigenvalue weighted by molar-refractivity contribution is 5.51. The van der Waals surface area contributed by atoms with Crippen molar-refractivity contribution in [1.29, 1.82) is 0 Å². The van der Waals surface area contributed by atoms with Crippen LogP contribution in [0.25, 0.3) is 0 Å². The Balaban J connectivity index is 1.03. The molecule has 0 bridgehead atoms. The second-order valence-electron chi connectivity index (χ2n) is 13.1. The first-order chi connectivity index (χ1) is 20.2. The molecule has 0 radical (unpaired) electrons. The van der Waals surface area contributed by atoms with Crippen LogP contribution in [0.5, 0.6) is 5.75 Å². The van der Waals surface area contributed by atoms with Gasteiger partial charge in [-0.15, -0.1) is 12.3 Å². The number of rotatable bonds is 14. The number of fused-ring (bicyclic) bond motifs is 3. The normalized spacial score (nSPS) is 30.1. The zero-order valence-corrected chi connectivity index (χ0v) is 26.2. The topological polar surface area (TPSA) is 61.9 Å². The molecule has 8 heteroatoms. The summed E-state index contributed by atoms with van der Waals surface area (Å²) in [5, 5.41) is 0. The molecule has 0 amide bonds. The van der Waals surface area contributed by atoms with Crippen LogP contribution in [-0.2, 0) is 23.7 Å². The Morgan fingerprint density at radius 1 is 0.810 bits per heavy atom. The smallest absolute Gasteiger partial charge is 0.190 e. The number of piperazine rings is 1. The minimum atomic E-state index is -0.697. The third-order valence-electron chi connectivity index (χ3n) is 8.73. The average molecular weight is 585 g/mol. The minimum absolute atomic E-state index is 0.141. The maximum atomic E-state index is 6.45. The van der Waals surface area contributed by atoms with Crippen LogP contribution in [0.15, 0.2) is 24.3 Å². The molecule has 4 aliphatic heterocycles. The maximum absolute atomic E-state index is 6.45. The van der Waals surface area contributed by atoms with Gasteiger partial charge in [0.25, 0.3) is 0 Å². The van der Waals surface area contributed by atoms with Gasteiger partial charge in [0.2, 0.25) is 0 Å². The first-order valence-electron chi connectivity index (χ1n) is 16.2. The summed E-state index contributed by atoms with van der Waals surface area (Å²) < 4.78 is 37.4. The van der Waals surface area contributed by atoms with Crippen molar-refractivity contribution in [3.8, 4) is 18.1 Å². The molecule has 8 nitrogen and oxygen atoms in total. The summed E-state index contributed by atoms with van der Waals surface area (Å²) in [6.07, 6.45) is 15.0. The summed E-state index contributed by atoms with van der Waals surface area (Å²) in [7, 11) is 0. The third kappa shape index (κ3) is 8.40. The van der Waals surface area contributed by atoms with Crippen LogP contribution < -0.4 is 9.64 Å². The number of anilines is 1. The van der Waals surface area contributed by atoms with E-state index < -0.39 is 17.9 Å². The van der Waals surface area contributed by atoms with Gasteiger partial charge in [0.05, 0.1) is 6.61 Å². The van der Waals surface area contributed by atoms with Crippen LogP contribution in [0.2, 0.25) is 0 Å². The van der Waals surface area contributed by atoms with E-state index in [1.807, 2.05) is 27.7 Å². The first kappa shape index (κ1) is 31.6. The molecule has 1 aromatic rings. The van der Waals surface area contributed by atoms with Crippen molar-refractivity contribution in [1.82, 2.24) is 4.90 Å². The van der Waals surface area contributed by atoms with Crippen LogP contribution in [0.1, 0.15) is 85.5 Å². The number of ether oxygens (including phenoxy) is 6. The highest BCUT2D eigenvalue weighted by atomic mass is 16.9. The van der Waals surface area contributed by atoms with Gasteiger partial charge in [0.1, 0.15) is 30.2 Å². The minimum Gasteiger partial charge on any atom is -0.494 e. The number of nitrogens with zero attached hydrogens (tertiary/aromatic N) is 2. The van der Waals surface area contributed by atoms with Crippen LogP contribution >= 0.6 is 0 Å². The predicted molar refractivity (Wildman–Crippen MR) is 163 cm³/mol. The number of hydrogen-bond acceptors (Lipinski definition) is 8. The van der Waals surface area contributed by atoms with E-state index in [-0.39, 0.29) is 24.4 Å². The van der Waals surface area contributed by atoms with Crippen LogP contribution in [0.3, 0.4) is 0 Å². The lowest BCUT2D eigenvalue weighted by Gasteiger charge is -2.42. The van der Waals surface area contributed by atoms with Crippen molar-refractivity contribution in [3.63, 3.8) is 0 Å². The molecule has 4 aliphatic rings. The van der Waals surface area contributed by atoms with Crippen molar-refractivity contribution < 1.29 is 28.4 Å². The van der Waals surface area contributed by atoms with Crippen LogP contribution in [0, 0.1) is 12.3 Å². The van der Waals surface area contributed by atoms with Crippen molar-refractivity contribution in [2.75, 3.05) is 44.2 Å². The molecule has 0 saturated carbocycles.